The van der Waals surface area contributed by atoms with Gasteiger partial charge in [0, 0.05) is 0 Å². The first kappa shape index (κ1) is 13.2. The van der Waals surface area contributed by atoms with E-state index in [4.69, 9.17) is 0 Å². The fourth-order valence-corrected chi connectivity index (χ4v) is 0.960. The van der Waals surface area contributed by atoms with Crippen LogP contribution in [0.1, 0.15) is 12.5 Å². The molecule has 3 heteroatoms. The average molecular weight is 226 g/mol. The second-order valence-corrected chi connectivity index (χ2v) is 3.39. The molecular formula is C11H14OS2. The fourth-order valence-electron chi connectivity index (χ4n) is 0.713. The van der Waals surface area contributed by atoms with Crippen molar-refractivity contribution in [1.82, 2.24) is 0 Å². The highest BCUT2D eigenvalue weighted by atomic mass is 32.1. The summed E-state index contributed by atoms with van der Waals surface area (Å²) in [6, 6.07) is 10.0. The van der Waals surface area contributed by atoms with Gasteiger partial charge in [-0.25, -0.2) is 0 Å². The van der Waals surface area contributed by atoms with Crippen molar-refractivity contribution < 1.29 is 4.74 Å². The first-order chi connectivity index (χ1) is 6.70. The molecule has 0 aliphatic rings. The molecule has 0 aromatic heterocycles. The minimum Gasteiger partial charge on any atom is -0.479 e. The number of hydrogen-bond donors (Lipinski definition) is 1. The fraction of sp³-hybridized carbons (Fsp3) is 0.182. The van der Waals surface area contributed by atoms with E-state index in [2.05, 4.69) is 36.2 Å². The van der Waals surface area contributed by atoms with Gasteiger partial charge in [0.2, 0.25) is 4.38 Å². The Morgan fingerprint density at radius 1 is 1.50 bits per heavy atom. The van der Waals surface area contributed by atoms with Gasteiger partial charge < -0.3 is 4.74 Å². The molecule has 0 aliphatic heterocycles. The standard InChI is InChI=1S/C8H8.C3H6OS2/c1-2-8-6-4-3-5-7-8;1-2-4-3(5)6/h2-7H,1H2;2H2,1H3,(H,5,6). The van der Waals surface area contributed by atoms with Crippen LogP contribution in [0.25, 0.3) is 6.08 Å². The number of thiol groups is 1. The highest BCUT2D eigenvalue weighted by Gasteiger charge is 1.77. The van der Waals surface area contributed by atoms with E-state index in [1.807, 2.05) is 43.3 Å². The third kappa shape index (κ3) is 7.83. The Hall–Kier alpha value is -0.800. The molecule has 14 heavy (non-hydrogen) atoms. The predicted molar refractivity (Wildman–Crippen MR) is 69.7 cm³/mol. The zero-order valence-corrected chi connectivity index (χ0v) is 9.85. The van der Waals surface area contributed by atoms with Crippen LogP contribution in [0.4, 0.5) is 0 Å². The van der Waals surface area contributed by atoms with E-state index < -0.39 is 0 Å². The molecule has 0 saturated carbocycles. The van der Waals surface area contributed by atoms with Crippen molar-refractivity contribution in [1.29, 1.82) is 0 Å². The van der Waals surface area contributed by atoms with Gasteiger partial charge in [-0.05, 0) is 24.7 Å². The molecule has 0 amide bonds. The summed E-state index contributed by atoms with van der Waals surface area (Å²) >= 11 is 8.12. The number of benzene rings is 1. The van der Waals surface area contributed by atoms with E-state index in [0.29, 0.717) is 11.0 Å². The molecule has 0 spiro atoms. The third-order valence-electron chi connectivity index (χ3n) is 1.30. The van der Waals surface area contributed by atoms with Gasteiger partial charge in [0.1, 0.15) is 0 Å². The van der Waals surface area contributed by atoms with Gasteiger partial charge >= 0.3 is 0 Å². The number of ether oxygens (including phenoxy) is 1. The third-order valence-corrected chi connectivity index (χ3v) is 1.55. The Labute approximate surface area is 96.2 Å². The minimum absolute atomic E-state index is 0.317. The second kappa shape index (κ2) is 8.78. The van der Waals surface area contributed by atoms with E-state index in [1.165, 1.54) is 5.56 Å². The van der Waals surface area contributed by atoms with Crippen molar-refractivity contribution >= 4 is 35.3 Å². The largest absolute Gasteiger partial charge is 0.479 e. The van der Waals surface area contributed by atoms with Crippen LogP contribution in [0.5, 0.6) is 0 Å². The summed E-state index contributed by atoms with van der Waals surface area (Å²) < 4.78 is 4.95. The van der Waals surface area contributed by atoms with E-state index in [9.17, 15) is 0 Å². The molecule has 1 aromatic rings. The minimum atomic E-state index is 0.317. The number of rotatable bonds is 2. The van der Waals surface area contributed by atoms with E-state index >= 15 is 0 Å². The normalized spacial score (nSPS) is 8.14. The average Bonchev–Trinajstić information content (AvgIpc) is 2.20. The van der Waals surface area contributed by atoms with E-state index in [-0.39, 0.29) is 0 Å². The lowest BCUT2D eigenvalue weighted by Crippen LogP contribution is -1.89. The molecule has 0 fully saturated rings. The van der Waals surface area contributed by atoms with Gasteiger partial charge in [-0.15, -0.1) is 0 Å². The van der Waals surface area contributed by atoms with Gasteiger partial charge in [0.05, 0.1) is 6.61 Å². The molecule has 1 rings (SSSR count). The Morgan fingerprint density at radius 2 is 2.07 bits per heavy atom. The highest BCUT2D eigenvalue weighted by Crippen LogP contribution is 1.97. The zero-order chi connectivity index (χ0) is 10.8. The van der Waals surface area contributed by atoms with Crippen LogP contribution in [0.3, 0.4) is 0 Å². The quantitative estimate of drug-likeness (QED) is 0.610. The number of thiocarbonyl (C=S) groups is 1. The molecule has 0 radical (unpaired) electrons. The molecule has 1 nitrogen and oxygen atoms in total. The maximum absolute atomic E-state index is 4.64. The topological polar surface area (TPSA) is 9.23 Å². The molecule has 76 valence electrons. The van der Waals surface area contributed by atoms with E-state index in [1.54, 1.807) is 0 Å². The smallest absolute Gasteiger partial charge is 0.216 e. The van der Waals surface area contributed by atoms with E-state index in [0.717, 1.165) is 0 Å². The Kier molecular flexibility index (Phi) is 8.28. The molecule has 0 unspecified atom stereocenters. The van der Waals surface area contributed by atoms with Gasteiger partial charge in [0.25, 0.3) is 0 Å². The van der Waals surface area contributed by atoms with Crippen molar-refractivity contribution in [3.05, 3.63) is 42.5 Å². The lowest BCUT2D eigenvalue weighted by molar-refractivity contribution is 0.346. The molecule has 1 aromatic carbocycles. The molecule has 0 bridgehead atoms. The SMILES string of the molecule is C=Cc1ccccc1.CCOC(=S)S. The van der Waals surface area contributed by atoms with Gasteiger partial charge in [-0.1, -0.05) is 55.6 Å². The maximum atomic E-state index is 4.64. The van der Waals surface area contributed by atoms with Crippen molar-refractivity contribution in [2.45, 2.75) is 6.92 Å². The van der Waals surface area contributed by atoms with Gasteiger partial charge in [-0.2, -0.15) is 0 Å². The first-order valence-electron chi connectivity index (χ1n) is 4.24. The van der Waals surface area contributed by atoms with Crippen LogP contribution < -0.4 is 0 Å². The van der Waals surface area contributed by atoms with Crippen LogP contribution in [0.2, 0.25) is 0 Å². The molecule has 0 N–H and O–H groups in total. The molecule has 0 saturated heterocycles. The monoisotopic (exact) mass is 226 g/mol. The van der Waals surface area contributed by atoms with Crippen LogP contribution in [-0.2, 0) is 4.74 Å². The Bertz CT molecular complexity index is 270. The highest BCUT2D eigenvalue weighted by molar-refractivity contribution is 8.10. The summed E-state index contributed by atoms with van der Waals surface area (Å²) in [6.45, 7) is 6.11. The second-order valence-electron chi connectivity index (χ2n) is 2.31. The molecular weight excluding hydrogens is 212 g/mol. The van der Waals surface area contributed by atoms with Gasteiger partial charge in [-0.3, -0.25) is 0 Å². The van der Waals surface area contributed by atoms with Crippen LogP contribution in [0.15, 0.2) is 36.9 Å². The molecule has 0 atom stereocenters. The zero-order valence-electron chi connectivity index (χ0n) is 8.14. The Balaban J connectivity index is 0.000000255. The van der Waals surface area contributed by atoms with Gasteiger partial charge in [0.15, 0.2) is 0 Å². The summed E-state index contributed by atoms with van der Waals surface area (Å²) in [6.07, 6.45) is 1.83. The summed E-state index contributed by atoms with van der Waals surface area (Å²) in [5.41, 5.74) is 1.17. The van der Waals surface area contributed by atoms with Crippen LogP contribution >= 0.6 is 24.8 Å². The maximum Gasteiger partial charge on any atom is 0.216 e. The lowest BCUT2D eigenvalue weighted by Gasteiger charge is -1.92. The lowest BCUT2D eigenvalue weighted by atomic mass is 10.2. The van der Waals surface area contributed by atoms with Crippen LogP contribution in [0, 0.1) is 0 Å². The molecule has 0 heterocycles. The molecule has 0 aliphatic carbocycles. The summed E-state index contributed by atoms with van der Waals surface area (Å²) in [5.74, 6) is 0. The predicted octanol–water partition coefficient (Wildman–Crippen LogP) is 3.57. The van der Waals surface area contributed by atoms with Crippen molar-refractivity contribution in [3.8, 4) is 0 Å². The summed E-state index contributed by atoms with van der Waals surface area (Å²) in [5, 5.41) is 0. The Morgan fingerprint density at radius 3 is 2.29 bits per heavy atom. The first-order valence-corrected chi connectivity index (χ1v) is 5.09. The van der Waals surface area contributed by atoms with Crippen LogP contribution in [-0.4, -0.2) is 11.0 Å². The van der Waals surface area contributed by atoms with Crippen molar-refractivity contribution in [3.63, 3.8) is 0 Å². The van der Waals surface area contributed by atoms with Crippen molar-refractivity contribution in [2.75, 3.05) is 6.61 Å². The summed E-state index contributed by atoms with van der Waals surface area (Å²) in [4.78, 5) is 0. The van der Waals surface area contributed by atoms with Crippen molar-refractivity contribution in [2.24, 2.45) is 0 Å². The summed E-state index contributed by atoms with van der Waals surface area (Å²) in [7, 11) is 0. The number of hydrogen-bond acceptors (Lipinski definition) is 2.